The molecule has 1 saturated heterocycles. The highest BCUT2D eigenvalue weighted by atomic mass is 16.7. The van der Waals surface area contributed by atoms with Gasteiger partial charge in [-0.3, -0.25) is 0 Å². The molecule has 1 heterocycles. The third-order valence-corrected chi connectivity index (χ3v) is 8.81. The molecule has 3 aliphatic carbocycles. The quantitative estimate of drug-likeness (QED) is 0.489. The van der Waals surface area contributed by atoms with Crippen LogP contribution in [0.5, 0.6) is 0 Å². The van der Waals surface area contributed by atoms with Crippen LogP contribution in [0.25, 0.3) is 0 Å². The molecule has 29 heavy (non-hydrogen) atoms. The van der Waals surface area contributed by atoms with Crippen molar-refractivity contribution in [2.45, 2.75) is 78.1 Å². The molecule has 0 unspecified atom stereocenters. The monoisotopic (exact) mass is 400 g/mol. The van der Waals surface area contributed by atoms with E-state index in [2.05, 4.69) is 52.0 Å². The smallest absolute Gasteiger partial charge is 0.178 e. The Bertz CT molecular complexity index is 728. The molecule has 0 aromatic carbocycles. The Morgan fingerprint density at radius 1 is 1.31 bits per heavy atom. The zero-order valence-electron chi connectivity index (χ0n) is 19.2. The van der Waals surface area contributed by atoms with Crippen LogP contribution >= 0.6 is 0 Å². The van der Waals surface area contributed by atoms with Gasteiger partial charge in [-0.05, 0) is 81.1 Å². The summed E-state index contributed by atoms with van der Waals surface area (Å²) in [7, 11) is 1.75. The lowest BCUT2D eigenvalue weighted by Gasteiger charge is -2.43. The van der Waals surface area contributed by atoms with Crippen LogP contribution in [0.1, 0.15) is 66.7 Å². The number of hydrogen-bond acceptors (Lipinski definition) is 3. The molecule has 0 aromatic heterocycles. The number of hydrogen-bond donors (Lipinski definition) is 1. The Kier molecular flexibility index (Phi) is 5.41. The molecule has 0 radical (unpaired) electrons. The number of rotatable bonds is 4. The van der Waals surface area contributed by atoms with Gasteiger partial charge in [-0.25, -0.2) is 0 Å². The fourth-order valence-electron chi connectivity index (χ4n) is 7.25. The van der Waals surface area contributed by atoms with Gasteiger partial charge in [0.25, 0.3) is 0 Å². The highest BCUT2D eigenvalue weighted by molar-refractivity contribution is 5.27. The maximum Gasteiger partial charge on any atom is 0.178 e. The van der Waals surface area contributed by atoms with Crippen LogP contribution in [0.2, 0.25) is 0 Å². The van der Waals surface area contributed by atoms with Gasteiger partial charge in [0.1, 0.15) is 0 Å². The number of methoxy groups -OCH3 is 1. The molecular weight excluding hydrogens is 360 g/mol. The van der Waals surface area contributed by atoms with Crippen molar-refractivity contribution in [1.29, 1.82) is 0 Å². The molecule has 0 bridgehead atoms. The zero-order valence-corrected chi connectivity index (χ0v) is 19.2. The average molecular weight is 401 g/mol. The summed E-state index contributed by atoms with van der Waals surface area (Å²) in [6, 6.07) is 0. The van der Waals surface area contributed by atoms with Crippen LogP contribution in [0.4, 0.5) is 0 Å². The van der Waals surface area contributed by atoms with Gasteiger partial charge >= 0.3 is 0 Å². The molecule has 1 N–H and O–H groups in total. The van der Waals surface area contributed by atoms with Crippen molar-refractivity contribution in [3.8, 4) is 0 Å². The Balaban J connectivity index is 1.64. The predicted molar refractivity (Wildman–Crippen MR) is 117 cm³/mol. The fourth-order valence-corrected chi connectivity index (χ4v) is 7.25. The largest absolute Gasteiger partial charge is 0.390 e. The minimum atomic E-state index is -0.738. The molecule has 4 aliphatic rings. The molecule has 0 aromatic rings. The Hall–Kier alpha value is -0.900. The lowest BCUT2D eigenvalue weighted by Crippen LogP contribution is -2.40. The van der Waals surface area contributed by atoms with Gasteiger partial charge in [0.2, 0.25) is 0 Å². The standard InChI is InChI=1S/C26H40O3/c1-17(2)8-7-9-18(3)20-12-13-24(4)14-22-23-19(10-11-21(20)24)15-29-26(23,28-6)16-25(22,5)27/h7-10,18,20-23,27H,11-16H2,1-6H3/t18-,20+,21-,22-,23+,24+,25+,26-/m0/s1. The van der Waals surface area contributed by atoms with E-state index >= 15 is 0 Å². The van der Waals surface area contributed by atoms with Crippen molar-refractivity contribution in [2.75, 3.05) is 13.7 Å². The maximum atomic E-state index is 11.4. The molecule has 162 valence electrons. The normalized spacial score (nSPS) is 47.3. The number of aliphatic hydroxyl groups is 1. The molecule has 3 heteroatoms. The van der Waals surface area contributed by atoms with Gasteiger partial charge < -0.3 is 14.6 Å². The van der Waals surface area contributed by atoms with Crippen LogP contribution in [0.15, 0.2) is 35.5 Å². The van der Waals surface area contributed by atoms with Crippen molar-refractivity contribution >= 4 is 0 Å². The van der Waals surface area contributed by atoms with E-state index < -0.39 is 11.4 Å². The summed E-state index contributed by atoms with van der Waals surface area (Å²) in [6.45, 7) is 11.8. The van der Waals surface area contributed by atoms with Crippen LogP contribution < -0.4 is 0 Å². The molecule has 1 aliphatic heterocycles. The maximum absolute atomic E-state index is 11.4. The first-order valence-corrected chi connectivity index (χ1v) is 11.5. The molecule has 8 atom stereocenters. The zero-order chi connectivity index (χ0) is 21.0. The number of fused-ring (bicyclic) bond motifs is 1. The van der Waals surface area contributed by atoms with Gasteiger partial charge in [-0.15, -0.1) is 0 Å². The molecule has 2 saturated carbocycles. The van der Waals surface area contributed by atoms with E-state index in [-0.39, 0.29) is 17.3 Å². The molecule has 3 nitrogen and oxygen atoms in total. The van der Waals surface area contributed by atoms with Gasteiger partial charge in [0.15, 0.2) is 5.79 Å². The topological polar surface area (TPSA) is 38.7 Å². The van der Waals surface area contributed by atoms with Gasteiger partial charge in [0, 0.05) is 19.4 Å². The van der Waals surface area contributed by atoms with E-state index in [0.717, 1.165) is 12.8 Å². The van der Waals surface area contributed by atoms with E-state index in [4.69, 9.17) is 9.47 Å². The SMILES string of the molecule is CO[C@@]12C[C@@](C)(O)[C@H]3C[C@@]4(C)CC[C@H]([C@@H](C)C=CC=C(C)C)[C@@H]4CC=C(CO1)[C@H]32. The van der Waals surface area contributed by atoms with Crippen molar-refractivity contribution in [3.05, 3.63) is 35.5 Å². The van der Waals surface area contributed by atoms with E-state index in [9.17, 15) is 5.11 Å². The van der Waals surface area contributed by atoms with E-state index in [0.29, 0.717) is 30.8 Å². The molecule has 0 spiro atoms. The first-order chi connectivity index (χ1) is 13.6. The summed E-state index contributed by atoms with van der Waals surface area (Å²) >= 11 is 0. The fraction of sp³-hybridized carbons (Fsp3) is 0.769. The second kappa shape index (κ2) is 7.35. The van der Waals surface area contributed by atoms with E-state index in [1.807, 2.05) is 6.92 Å². The minimum Gasteiger partial charge on any atom is -0.390 e. The summed E-state index contributed by atoms with van der Waals surface area (Å²) in [4.78, 5) is 0. The Labute approximate surface area is 177 Å². The lowest BCUT2D eigenvalue weighted by molar-refractivity contribution is -0.212. The molecule has 3 fully saturated rings. The van der Waals surface area contributed by atoms with E-state index in [1.54, 1.807) is 7.11 Å². The van der Waals surface area contributed by atoms with Crippen molar-refractivity contribution in [1.82, 2.24) is 0 Å². The highest BCUT2D eigenvalue weighted by Crippen LogP contribution is 2.64. The molecule has 4 rings (SSSR count). The van der Waals surface area contributed by atoms with Gasteiger partial charge in [-0.2, -0.15) is 0 Å². The summed E-state index contributed by atoms with van der Waals surface area (Å²) in [5.74, 6) is 1.73. The third-order valence-electron chi connectivity index (χ3n) is 8.81. The number of ether oxygens (including phenoxy) is 2. The Morgan fingerprint density at radius 2 is 2.07 bits per heavy atom. The predicted octanol–water partition coefficient (Wildman–Crippen LogP) is 5.66. The van der Waals surface area contributed by atoms with Crippen molar-refractivity contribution in [3.63, 3.8) is 0 Å². The van der Waals surface area contributed by atoms with E-state index in [1.165, 1.54) is 24.0 Å². The minimum absolute atomic E-state index is 0.203. The van der Waals surface area contributed by atoms with Crippen LogP contribution in [0, 0.1) is 35.0 Å². The highest BCUT2D eigenvalue weighted by Gasteiger charge is 2.66. The second-order valence-corrected chi connectivity index (χ2v) is 11.1. The first kappa shape index (κ1) is 21.3. The van der Waals surface area contributed by atoms with Gasteiger partial charge in [-0.1, -0.05) is 43.7 Å². The van der Waals surface area contributed by atoms with Crippen molar-refractivity contribution < 1.29 is 14.6 Å². The summed E-state index contributed by atoms with van der Waals surface area (Å²) < 4.78 is 12.1. The van der Waals surface area contributed by atoms with Crippen molar-refractivity contribution in [2.24, 2.45) is 35.0 Å². The van der Waals surface area contributed by atoms with Crippen LogP contribution in [-0.2, 0) is 9.47 Å². The van der Waals surface area contributed by atoms with Crippen LogP contribution in [0.3, 0.4) is 0 Å². The summed E-state index contributed by atoms with van der Waals surface area (Å²) in [6.07, 6.45) is 14.6. The summed E-state index contributed by atoms with van der Waals surface area (Å²) in [5.41, 5.74) is 2.25. The number of allylic oxidation sites excluding steroid dienone is 5. The lowest BCUT2D eigenvalue weighted by atomic mass is 9.63. The Morgan fingerprint density at radius 3 is 2.76 bits per heavy atom. The average Bonchev–Trinajstić information content (AvgIpc) is 3.20. The second-order valence-electron chi connectivity index (χ2n) is 11.1. The summed E-state index contributed by atoms with van der Waals surface area (Å²) in [5, 5.41) is 11.4. The van der Waals surface area contributed by atoms with Crippen LogP contribution in [-0.4, -0.2) is 30.2 Å². The third kappa shape index (κ3) is 3.47. The molecular formula is C26H40O3. The molecule has 0 amide bonds. The first-order valence-electron chi connectivity index (χ1n) is 11.5. The van der Waals surface area contributed by atoms with Gasteiger partial charge in [0.05, 0.1) is 12.2 Å².